The molecule has 2 N–H and O–H groups in total. The summed E-state index contributed by atoms with van der Waals surface area (Å²) in [6, 6.07) is 0. The van der Waals surface area contributed by atoms with Gasteiger partial charge < -0.3 is 20.4 Å². The van der Waals surface area contributed by atoms with Gasteiger partial charge in [-0.2, -0.15) is 0 Å². The number of rotatable bonds is 7. The van der Waals surface area contributed by atoms with Crippen LogP contribution in [-0.4, -0.2) is 75.2 Å². The van der Waals surface area contributed by atoms with Crippen LogP contribution < -0.4 is 10.6 Å². The Hall–Kier alpha value is -0.0800. The number of nitrogens with zero attached hydrogens (tertiary/aromatic N) is 3. The van der Waals surface area contributed by atoms with Crippen LogP contribution in [0.4, 0.5) is 0 Å². The van der Waals surface area contributed by atoms with Crippen molar-refractivity contribution in [1.29, 1.82) is 0 Å². The van der Waals surface area contributed by atoms with Crippen molar-refractivity contribution in [3.63, 3.8) is 0 Å². The molecule has 0 aromatic heterocycles. The topological polar surface area (TPSA) is 42.9 Å². The van der Waals surface area contributed by atoms with Crippen LogP contribution in [0.15, 0.2) is 4.99 Å². The van der Waals surface area contributed by atoms with Crippen LogP contribution in [0.1, 0.15) is 33.1 Å². The summed E-state index contributed by atoms with van der Waals surface area (Å²) in [4.78, 5) is 9.55. The van der Waals surface area contributed by atoms with Gasteiger partial charge in [-0.05, 0) is 39.9 Å². The first-order chi connectivity index (χ1) is 9.76. The van der Waals surface area contributed by atoms with Gasteiger partial charge in [0.1, 0.15) is 0 Å². The highest BCUT2D eigenvalue weighted by molar-refractivity contribution is 14.0. The van der Waals surface area contributed by atoms with Gasteiger partial charge in [0.05, 0.1) is 0 Å². The van der Waals surface area contributed by atoms with E-state index in [1.165, 1.54) is 39.0 Å². The van der Waals surface area contributed by atoms with Crippen molar-refractivity contribution >= 4 is 29.9 Å². The van der Waals surface area contributed by atoms with Gasteiger partial charge in [-0.3, -0.25) is 4.99 Å². The first-order valence-corrected chi connectivity index (χ1v) is 8.19. The van der Waals surface area contributed by atoms with Crippen molar-refractivity contribution in [2.24, 2.45) is 4.99 Å². The number of hydrogen-bond acceptors (Lipinski definition) is 3. The molecular formula is C15H34IN5. The van der Waals surface area contributed by atoms with Crippen molar-refractivity contribution in [3.8, 4) is 0 Å². The van der Waals surface area contributed by atoms with E-state index in [0.717, 1.165) is 38.6 Å². The van der Waals surface area contributed by atoms with Crippen LogP contribution in [0.5, 0.6) is 0 Å². The van der Waals surface area contributed by atoms with Gasteiger partial charge in [0.15, 0.2) is 5.96 Å². The van der Waals surface area contributed by atoms with Gasteiger partial charge in [0.2, 0.25) is 0 Å². The summed E-state index contributed by atoms with van der Waals surface area (Å²) in [5.41, 5.74) is 0. The number of halogens is 1. The summed E-state index contributed by atoms with van der Waals surface area (Å²) in [7, 11) is 2.21. The largest absolute Gasteiger partial charge is 0.357 e. The molecule has 0 unspecified atom stereocenters. The molecule has 1 rings (SSSR count). The Bertz CT molecular complexity index is 273. The minimum atomic E-state index is 0. The highest BCUT2D eigenvalue weighted by Gasteiger charge is 2.11. The summed E-state index contributed by atoms with van der Waals surface area (Å²) in [5.74, 6) is 0.966. The third-order valence-corrected chi connectivity index (χ3v) is 3.66. The fourth-order valence-electron chi connectivity index (χ4n) is 2.35. The van der Waals surface area contributed by atoms with Crippen LogP contribution in [0.3, 0.4) is 0 Å². The van der Waals surface area contributed by atoms with Gasteiger partial charge >= 0.3 is 0 Å². The van der Waals surface area contributed by atoms with Crippen molar-refractivity contribution in [2.45, 2.75) is 33.1 Å². The van der Waals surface area contributed by atoms with E-state index in [4.69, 9.17) is 0 Å². The molecule has 1 saturated heterocycles. The van der Waals surface area contributed by atoms with E-state index in [-0.39, 0.29) is 24.0 Å². The number of hydrogen-bond donors (Lipinski definition) is 2. The zero-order valence-corrected chi connectivity index (χ0v) is 16.4. The van der Waals surface area contributed by atoms with E-state index in [9.17, 15) is 0 Å². The highest BCUT2D eigenvalue weighted by Crippen LogP contribution is 1.99. The molecule has 5 nitrogen and oxygen atoms in total. The second-order valence-electron chi connectivity index (χ2n) is 5.54. The molecular weight excluding hydrogens is 377 g/mol. The van der Waals surface area contributed by atoms with Crippen molar-refractivity contribution in [1.82, 2.24) is 20.4 Å². The molecule has 0 saturated carbocycles. The van der Waals surface area contributed by atoms with Crippen LogP contribution in [0, 0.1) is 0 Å². The molecule has 0 aliphatic carbocycles. The summed E-state index contributed by atoms with van der Waals surface area (Å²) in [5, 5.41) is 6.75. The highest BCUT2D eigenvalue weighted by atomic mass is 127. The molecule has 1 aliphatic rings. The SMILES string of the molecule is CCCCN=C(NCC)NCCN1CCCN(C)CC1.I. The van der Waals surface area contributed by atoms with Crippen LogP contribution in [-0.2, 0) is 0 Å². The maximum Gasteiger partial charge on any atom is 0.191 e. The second kappa shape index (κ2) is 13.6. The molecule has 1 heterocycles. The summed E-state index contributed by atoms with van der Waals surface area (Å²) in [6.45, 7) is 13.0. The zero-order valence-electron chi connectivity index (χ0n) is 14.0. The number of nitrogens with one attached hydrogen (secondary N) is 2. The molecule has 0 amide bonds. The normalized spacial score (nSPS) is 18.0. The van der Waals surface area contributed by atoms with Crippen LogP contribution in [0.2, 0.25) is 0 Å². The maximum absolute atomic E-state index is 4.58. The monoisotopic (exact) mass is 411 g/mol. The number of unbranched alkanes of at least 4 members (excludes halogenated alkanes) is 1. The molecule has 0 spiro atoms. The van der Waals surface area contributed by atoms with E-state index >= 15 is 0 Å². The fourth-order valence-corrected chi connectivity index (χ4v) is 2.35. The Morgan fingerprint density at radius 3 is 2.62 bits per heavy atom. The maximum atomic E-state index is 4.58. The Morgan fingerprint density at radius 1 is 1.10 bits per heavy atom. The van der Waals surface area contributed by atoms with Gasteiger partial charge in [-0.1, -0.05) is 13.3 Å². The lowest BCUT2D eigenvalue weighted by Gasteiger charge is -2.21. The molecule has 1 aliphatic heterocycles. The molecule has 126 valence electrons. The second-order valence-corrected chi connectivity index (χ2v) is 5.54. The first kappa shape index (κ1) is 20.9. The molecule has 21 heavy (non-hydrogen) atoms. The van der Waals surface area contributed by atoms with E-state index in [0.29, 0.717) is 0 Å². The summed E-state index contributed by atoms with van der Waals surface area (Å²) < 4.78 is 0. The van der Waals surface area contributed by atoms with E-state index in [1.54, 1.807) is 0 Å². The average molecular weight is 411 g/mol. The molecule has 0 atom stereocenters. The third-order valence-electron chi connectivity index (χ3n) is 3.66. The number of likely N-dealkylation sites (N-methyl/N-ethyl adjacent to an activating group) is 1. The third kappa shape index (κ3) is 10.3. The zero-order chi connectivity index (χ0) is 14.6. The van der Waals surface area contributed by atoms with Crippen molar-refractivity contribution < 1.29 is 0 Å². The minimum Gasteiger partial charge on any atom is -0.357 e. The molecule has 1 fully saturated rings. The predicted molar refractivity (Wildman–Crippen MR) is 103 cm³/mol. The quantitative estimate of drug-likeness (QED) is 0.289. The standard InChI is InChI=1S/C15H33N5.HI/c1-4-6-8-17-15(16-5-2)18-9-12-20-11-7-10-19(3)13-14-20;/h4-14H2,1-3H3,(H2,16,17,18);1H. The Labute approximate surface area is 148 Å². The lowest BCUT2D eigenvalue weighted by Crippen LogP contribution is -2.42. The summed E-state index contributed by atoms with van der Waals surface area (Å²) in [6.07, 6.45) is 3.64. The van der Waals surface area contributed by atoms with Gasteiger partial charge in [-0.25, -0.2) is 0 Å². The van der Waals surface area contributed by atoms with Crippen LogP contribution in [0.25, 0.3) is 0 Å². The minimum absolute atomic E-state index is 0. The Morgan fingerprint density at radius 2 is 1.90 bits per heavy atom. The van der Waals surface area contributed by atoms with Crippen molar-refractivity contribution in [2.75, 3.05) is 59.4 Å². The molecule has 0 aromatic rings. The first-order valence-electron chi connectivity index (χ1n) is 8.19. The molecule has 6 heteroatoms. The van der Waals surface area contributed by atoms with Gasteiger partial charge in [-0.15, -0.1) is 24.0 Å². The molecule has 0 radical (unpaired) electrons. The average Bonchev–Trinajstić information content (AvgIpc) is 2.64. The van der Waals surface area contributed by atoms with Gasteiger partial charge in [0, 0.05) is 39.3 Å². The lowest BCUT2D eigenvalue weighted by molar-refractivity contribution is 0.280. The van der Waals surface area contributed by atoms with Gasteiger partial charge in [0.25, 0.3) is 0 Å². The van der Waals surface area contributed by atoms with E-state index in [2.05, 4.69) is 46.3 Å². The Balaban J connectivity index is 0.00000400. The number of aliphatic imine (C=N–C) groups is 1. The molecule has 0 bridgehead atoms. The fraction of sp³-hybridized carbons (Fsp3) is 0.933. The molecule has 0 aromatic carbocycles. The Kier molecular flexibility index (Phi) is 13.5. The van der Waals surface area contributed by atoms with Crippen molar-refractivity contribution in [3.05, 3.63) is 0 Å². The van der Waals surface area contributed by atoms with E-state index in [1.807, 2.05) is 0 Å². The smallest absolute Gasteiger partial charge is 0.191 e. The lowest BCUT2D eigenvalue weighted by atomic mass is 10.3. The van der Waals surface area contributed by atoms with E-state index < -0.39 is 0 Å². The van der Waals surface area contributed by atoms with Crippen LogP contribution >= 0.6 is 24.0 Å². The predicted octanol–water partition coefficient (Wildman–Crippen LogP) is 1.60. The number of guanidine groups is 1. The summed E-state index contributed by atoms with van der Waals surface area (Å²) >= 11 is 0.